The molecule has 0 aromatic heterocycles. The average Bonchev–Trinajstić information content (AvgIpc) is 2.70. The standard InChI is InChI=1S/C23H29FN2O3/c1-5-17(3)25-23(28)18(4)26(14-19-10-8-9-16(2)13-19)22(27)15-29-21-12-7-6-11-20(21)24/h6-13,17-18H,5,14-15H2,1-4H3,(H,25,28). The second kappa shape index (κ2) is 10.6. The lowest BCUT2D eigenvalue weighted by molar-refractivity contribution is -0.142. The third-order valence-electron chi connectivity index (χ3n) is 4.79. The van der Waals surface area contributed by atoms with Gasteiger partial charge in [-0.05, 0) is 44.9 Å². The largest absolute Gasteiger partial charge is 0.481 e. The number of nitrogens with one attached hydrogen (secondary N) is 1. The van der Waals surface area contributed by atoms with Gasteiger partial charge in [-0.1, -0.05) is 48.9 Å². The van der Waals surface area contributed by atoms with Gasteiger partial charge in [0.2, 0.25) is 5.91 Å². The van der Waals surface area contributed by atoms with Crippen LogP contribution in [0.25, 0.3) is 0 Å². The summed E-state index contributed by atoms with van der Waals surface area (Å²) in [5.41, 5.74) is 1.97. The van der Waals surface area contributed by atoms with E-state index in [-0.39, 0.29) is 36.8 Å². The Labute approximate surface area is 171 Å². The number of rotatable bonds is 9. The van der Waals surface area contributed by atoms with Crippen molar-refractivity contribution < 1.29 is 18.7 Å². The van der Waals surface area contributed by atoms with Crippen LogP contribution in [0.5, 0.6) is 5.75 Å². The van der Waals surface area contributed by atoms with Crippen molar-refractivity contribution >= 4 is 11.8 Å². The van der Waals surface area contributed by atoms with Crippen molar-refractivity contribution in [3.63, 3.8) is 0 Å². The smallest absolute Gasteiger partial charge is 0.261 e. The topological polar surface area (TPSA) is 58.6 Å². The average molecular weight is 400 g/mol. The first-order valence-electron chi connectivity index (χ1n) is 9.84. The highest BCUT2D eigenvalue weighted by molar-refractivity contribution is 5.88. The van der Waals surface area contributed by atoms with Crippen LogP contribution in [0.3, 0.4) is 0 Å². The van der Waals surface area contributed by atoms with Crippen molar-refractivity contribution in [2.45, 2.75) is 52.7 Å². The number of hydrogen-bond donors (Lipinski definition) is 1. The minimum Gasteiger partial charge on any atom is -0.481 e. The van der Waals surface area contributed by atoms with E-state index in [2.05, 4.69) is 5.32 Å². The zero-order valence-electron chi connectivity index (χ0n) is 17.4. The van der Waals surface area contributed by atoms with Gasteiger partial charge < -0.3 is 15.0 Å². The summed E-state index contributed by atoms with van der Waals surface area (Å²) in [6.45, 7) is 7.46. The van der Waals surface area contributed by atoms with Crippen LogP contribution in [0.4, 0.5) is 4.39 Å². The molecule has 0 bridgehead atoms. The number of carbonyl (C=O) groups excluding carboxylic acids is 2. The van der Waals surface area contributed by atoms with Crippen molar-refractivity contribution in [2.75, 3.05) is 6.61 Å². The minimum atomic E-state index is -0.693. The van der Waals surface area contributed by atoms with Crippen LogP contribution in [-0.2, 0) is 16.1 Å². The van der Waals surface area contributed by atoms with Crippen LogP contribution in [0, 0.1) is 12.7 Å². The number of para-hydroxylation sites is 1. The summed E-state index contributed by atoms with van der Waals surface area (Å²) in [4.78, 5) is 27.0. The summed E-state index contributed by atoms with van der Waals surface area (Å²) in [6.07, 6.45) is 0.792. The maximum Gasteiger partial charge on any atom is 0.261 e. The SMILES string of the molecule is CCC(C)NC(=O)C(C)N(Cc1cccc(C)c1)C(=O)COc1ccccc1F. The van der Waals surface area contributed by atoms with E-state index in [0.717, 1.165) is 17.5 Å². The Hall–Kier alpha value is -2.89. The molecule has 2 amide bonds. The molecule has 2 unspecified atom stereocenters. The third-order valence-corrected chi connectivity index (χ3v) is 4.79. The van der Waals surface area contributed by atoms with Crippen LogP contribution in [0.2, 0.25) is 0 Å². The summed E-state index contributed by atoms with van der Waals surface area (Å²) in [6, 6.07) is 13.0. The molecular formula is C23H29FN2O3. The van der Waals surface area contributed by atoms with Crippen LogP contribution >= 0.6 is 0 Å². The van der Waals surface area contributed by atoms with Gasteiger partial charge in [-0.15, -0.1) is 0 Å². The quantitative estimate of drug-likeness (QED) is 0.696. The molecule has 2 atom stereocenters. The number of carbonyl (C=O) groups is 2. The summed E-state index contributed by atoms with van der Waals surface area (Å²) in [7, 11) is 0. The van der Waals surface area contributed by atoms with Crippen molar-refractivity contribution in [1.29, 1.82) is 0 Å². The molecule has 5 nitrogen and oxygen atoms in total. The Morgan fingerprint density at radius 1 is 1.14 bits per heavy atom. The predicted octanol–water partition coefficient (Wildman–Crippen LogP) is 3.84. The van der Waals surface area contributed by atoms with E-state index in [1.54, 1.807) is 19.1 Å². The monoisotopic (exact) mass is 400 g/mol. The lowest BCUT2D eigenvalue weighted by Crippen LogP contribution is -2.50. The first-order chi connectivity index (χ1) is 13.8. The number of hydrogen-bond acceptors (Lipinski definition) is 3. The summed E-state index contributed by atoms with van der Waals surface area (Å²) < 4.78 is 19.2. The van der Waals surface area contributed by atoms with Gasteiger partial charge in [-0.2, -0.15) is 0 Å². The fourth-order valence-electron chi connectivity index (χ4n) is 2.84. The summed E-state index contributed by atoms with van der Waals surface area (Å²) in [5, 5.41) is 2.91. The Balaban J connectivity index is 2.17. The summed E-state index contributed by atoms with van der Waals surface area (Å²) >= 11 is 0. The van der Waals surface area contributed by atoms with E-state index in [1.165, 1.54) is 17.0 Å². The highest BCUT2D eigenvalue weighted by Gasteiger charge is 2.27. The molecule has 0 saturated carbocycles. The van der Waals surface area contributed by atoms with Crippen LogP contribution in [0.15, 0.2) is 48.5 Å². The molecule has 1 N–H and O–H groups in total. The number of amides is 2. The molecule has 6 heteroatoms. The Morgan fingerprint density at radius 2 is 1.86 bits per heavy atom. The van der Waals surface area contributed by atoms with Gasteiger partial charge in [0, 0.05) is 12.6 Å². The summed E-state index contributed by atoms with van der Waals surface area (Å²) in [5.74, 6) is -1.14. The van der Waals surface area contributed by atoms with Gasteiger partial charge in [-0.25, -0.2) is 4.39 Å². The zero-order valence-corrected chi connectivity index (χ0v) is 17.4. The van der Waals surface area contributed by atoms with E-state index in [9.17, 15) is 14.0 Å². The molecule has 0 aliphatic rings. The molecule has 0 heterocycles. The first-order valence-corrected chi connectivity index (χ1v) is 9.84. The molecule has 0 saturated heterocycles. The van der Waals surface area contributed by atoms with E-state index in [4.69, 9.17) is 4.74 Å². The molecule has 2 aromatic rings. The van der Waals surface area contributed by atoms with Gasteiger partial charge in [0.1, 0.15) is 6.04 Å². The number of aryl methyl sites for hydroxylation is 1. The fraction of sp³-hybridized carbons (Fsp3) is 0.391. The lowest BCUT2D eigenvalue weighted by atomic mass is 10.1. The van der Waals surface area contributed by atoms with Crippen molar-refractivity contribution in [3.05, 3.63) is 65.5 Å². The molecular weight excluding hydrogens is 371 g/mol. The zero-order chi connectivity index (χ0) is 21.4. The van der Waals surface area contributed by atoms with Crippen LogP contribution < -0.4 is 10.1 Å². The van der Waals surface area contributed by atoms with E-state index >= 15 is 0 Å². The van der Waals surface area contributed by atoms with Crippen LogP contribution in [0.1, 0.15) is 38.3 Å². The molecule has 0 radical (unpaired) electrons. The second-order valence-corrected chi connectivity index (χ2v) is 7.22. The highest BCUT2D eigenvalue weighted by atomic mass is 19.1. The molecule has 2 rings (SSSR count). The number of benzene rings is 2. The molecule has 0 aliphatic heterocycles. The van der Waals surface area contributed by atoms with Crippen molar-refractivity contribution in [2.24, 2.45) is 0 Å². The molecule has 156 valence electrons. The fourth-order valence-corrected chi connectivity index (χ4v) is 2.84. The van der Waals surface area contributed by atoms with Gasteiger partial charge >= 0.3 is 0 Å². The molecule has 2 aromatic carbocycles. The lowest BCUT2D eigenvalue weighted by Gasteiger charge is -2.29. The molecule has 0 aliphatic carbocycles. The molecule has 29 heavy (non-hydrogen) atoms. The van der Waals surface area contributed by atoms with E-state index < -0.39 is 11.9 Å². The molecule has 0 spiro atoms. The highest BCUT2D eigenvalue weighted by Crippen LogP contribution is 2.17. The minimum absolute atomic E-state index is 0.00747. The van der Waals surface area contributed by atoms with Crippen LogP contribution in [-0.4, -0.2) is 35.4 Å². The Kier molecular flexibility index (Phi) is 8.19. The van der Waals surface area contributed by atoms with Crippen molar-refractivity contribution in [3.8, 4) is 5.75 Å². The van der Waals surface area contributed by atoms with Gasteiger partial charge in [0.25, 0.3) is 5.91 Å². The maximum atomic E-state index is 13.8. The van der Waals surface area contributed by atoms with Gasteiger partial charge in [0.15, 0.2) is 18.2 Å². The number of nitrogens with zero attached hydrogens (tertiary/aromatic N) is 1. The maximum absolute atomic E-state index is 13.8. The van der Waals surface area contributed by atoms with Gasteiger partial charge in [0.05, 0.1) is 0 Å². The van der Waals surface area contributed by atoms with Gasteiger partial charge in [-0.3, -0.25) is 9.59 Å². The number of halogens is 1. The second-order valence-electron chi connectivity index (χ2n) is 7.22. The Bertz CT molecular complexity index is 840. The van der Waals surface area contributed by atoms with E-state index in [0.29, 0.717) is 0 Å². The predicted molar refractivity (Wildman–Crippen MR) is 111 cm³/mol. The normalized spacial score (nSPS) is 12.7. The first kappa shape index (κ1) is 22.4. The number of ether oxygens (including phenoxy) is 1. The third kappa shape index (κ3) is 6.59. The van der Waals surface area contributed by atoms with Crippen molar-refractivity contribution in [1.82, 2.24) is 10.2 Å². The van der Waals surface area contributed by atoms with E-state index in [1.807, 2.05) is 45.0 Å². The Morgan fingerprint density at radius 3 is 2.52 bits per heavy atom. The molecule has 0 fully saturated rings.